The van der Waals surface area contributed by atoms with Crippen molar-refractivity contribution in [2.24, 2.45) is 0 Å². The van der Waals surface area contributed by atoms with E-state index < -0.39 is 0 Å². The number of aryl methyl sites for hydroxylation is 2. The summed E-state index contributed by atoms with van der Waals surface area (Å²) in [7, 11) is 0. The first kappa shape index (κ1) is 49.6. The molecule has 12 rings (SSSR count). The number of thiophene rings is 2. The maximum absolute atomic E-state index is 5.06. The number of halogens is 4. The Morgan fingerprint density at radius 2 is 0.740 bits per heavy atom. The number of nitrogens with zero attached hydrogens (tertiary/aromatic N) is 2. The highest BCUT2D eigenvalue weighted by atomic mass is 79.9. The van der Waals surface area contributed by atoms with Crippen LogP contribution in [0.4, 0.5) is 0 Å². The summed E-state index contributed by atoms with van der Waals surface area (Å²) in [5.41, 5.74) is 23.1. The number of hydrogen-bond donors (Lipinski definition) is 0. The maximum atomic E-state index is 5.06. The Morgan fingerprint density at radius 1 is 0.384 bits per heavy atom. The SMILES string of the molecule is CCCCCCc1cc(-c2ccc(-c3cc(CCCCCC)c(-c4ccc(C5c6ccc(Br)cc6-c6cc(Br)ccc65)cc4)s3)c3nsnc23)sc1-c1ccc(C2c3ccc(Br)cc3-c3cc(Br)ccc32)cc1. The minimum Gasteiger partial charge on any atom is -0.172 e. The standard InChI is InChI=1S/C64H52Br4N2S3/c1-3-5-7-9-11-41-31-57(71-63(41)39-17-13-37(14-18-39)59-47-25-21-43(65)33-53(47)54-34-44(66)22-26-48(54)59)51-29-30-52(62-61(51)69-73-70-62)58-32-42(12-10-8-6-4-2)64(72-58)40-19-15-38(16-20-40)60-49-27-23-45(67)35-55(49)56-36-46(68)24-28-50(56)60/h13-36,59-60H,3-12H2,1-2H3. The van der Waals surface area contributed by atoms with Gasteiger partial charge in [0.1, 0.15) is 11.0 Å². The van der Waals surface area contributed by atoms with Crippen molar-refractivity contribution in [3.05, 3.63) is 208 Å². The monoisotopic (exact) mass is 1260 g/mol. The number of benzene rings is 7. The van der Waals surface area contributed by atoms with Crippen LogP contribution < -0.4 is 0 Å². The molecule has 9 heteroatoms. The van der Waals surface area contributed by atoms with Gasteiger partial charge >= 0.3 is 0 Å². The smallest absolute Gasteiger partial charge is 0.114 e. The van der Waals surface area contributed by atoms with E-state index >= 15 is 0 Å². The summed E-state index contributed by atoms with van der Waals surface area (Å²) in [5.74, 6) is 0.387. The lowest BCUT2D eigenvalue weighted by Gasteiger charge is -2.15. The van der Waals surface area contributed by atoms with Crippen LogP contribution in [0, 0.1) is 0 Å². The Morgan fingerprint density at radius 3 is 1.08 bits per heavy atom. The molecule has 0 atom stereocenters. The van der Waals surface area contributed by atoms with E-state index in [9.17, 15) is 0 Å². The second-order valence-electron chi connectivity index (χ2n) is 19.7. The van der Waals surface area contributed by atoms with E-state index in [-0.39, 0.29) is 11.8 Å². The minimum absolute atomic E-state index is 0.194. The molecule has 73 heavy (non-hydrogen) atoms. The topological polar surface area (TPSA) is 25.8 Å². The zero-order valence-electron chi connectivity index (χ0n) is 40.7. The predicted molar refractivity (Wildman–Crippen MR) is 327 cm³/mol. The molecule has 0 saturated heterocycles. The molecular weight excluding hydrogens is 1210 g/mol. The second kappa shape index (κ2) is 21.4. The van der Waals surface area contributed by atoms with Crippen molar-refractivity contribution in [3.63, 3.8) is 0 Å². The molecule has 3 heterocycles. The molecule has 0 saturated carbocycles. The summed E-state index contributed by atoms with van der Waals surface area (Å²) < 4.78 is 14.5. The van der Waals surface area contributed by atoms with Crippen molar-refractivity contribution in [3.8, 4) is 64.0 Å². The van der Waals surface area contributed by atoms with E-state index in [4.69, 9.17) is 8.75 Å². The van der Waals surface area contributed by atoms with Crippen molar-refractivity contribution >= 4 is 109 Å². The first-order valence-corrected chi connectivity index (χ1v) is 31.2. The molecule has 0 aliphatic heterocycles. The van der Waals surface area contributed by atoms with Gasteiger partial charge in [0.15, 0.2) is 0 Å². The molecule has 2 aliphatic rings. The van der Waals surface area contributed by atoms with E-state index in [0.717, 1.165) is 41.8 Å². The van der Waals surface area contributed by atoms with E-state index in [1.165, 1.54) is 172 Å². The summed E-state index contributed by atoms with van der Waals surface area (Å²) in [4.78, 5) is 5.25. The van der Waals surface area contributed by atoms with Gasteiger partial charge in [-0.3, -0.25) is 0 Å². The van der Waals surface area contributed by atoms with Gasteiger partial charge in [0, 0.05) is 60.4 Å². The summed E-state index contributed by atoms with van der Waals surface area (Å²) in [6, 6.07) is 55.5. The molecule has 0 spiro atoms. The molecule has 0 fully saturated rings. The quantitative estimate of drug-likeness (QED) is 0.0901. The predicted octanol–water partition coefficient (Wildman–Crippen LogP) is 22.1. The third-order valence-corrected chi connectivity index (χ3v) is 20.1. The van der Waals surface area contributed by atoms with Gasteiger partial charge in [-0.05, 0) is 164 Å². The van der Waals surface area contributed by atoms with Crippen LogP contribution in [-0.4, -0.2) is 8.75 Å². The van der Waals surface area contributed by atoms with Crippen LogP contribution in [0.2, 0.25) is 0 Å². The Hall–Kier alpha value is -4.32. The Bertz CT molecular complexity index is 3340. The number of rotatable bonds is 16. The van der Waals surface area contributed by atoms with E-state index in [1.54, 1.807) is 0 Å². The lowest BCUT2D eigenvalue weighted by molar-refractivity contribution is 0.668. The van der Waals surface area contributed by atoms with Gasteiger partial charge < -0.3 is 0 Å². The summed E-state index contributed by atoms with van der Waals surface area (Å²) >= 11 is 20.1. The normalized spacial score (nSPS) is 13.0. The van der Waals surface area contributed by atoms with Gasteiger partial charge in [-0.15, -0.1) is 22.7 Å². The molecule has 10 aromatic rings. The molecule has 7 aromatic carbocycles. The zero-order chi connectivity index (χ0) is 49.7. The number of hydrogen-bond acceptors (Lipinski definition) is 5. The van der Waals surface area contributed by atoms with Crippen LogP contribution in [0.1, 0.15) is 122 Å². The third-order valence-electron chi connectivity index (χ3n) is 15.1. The highest BCUT2D eigenvalue weighted by Crippen LogP contribution is 2.53. The Labute approximate surface area is 475 Å². The molecule has 0 bridgehead atoms. The lowest BCUT2D eigenvalue weighted by Crippen LogP contribution is -1.99. The van der Waals surface area contributed by atoms with E-state index in [1.807, 2.05) is 22.7 Å². The fraction of sp³-hybridized carbons (Fsp3) is 0.219. The number of fused-ring (bicyclic) bond motifs is 7. The van der Waals surface area contributed by atoms with Crippen molar-refractivity contribution < 1.29 is 0 Å². The molecular formula is C64H52Br4N2S3. The minimum atomic E-state index is 0.194. The van der Waals surface area contributed by atoms with Crippen molar-refractivity contribution in [2.45, 2.75) is 89.9 Å². The zero-order valence-corrected chi connectivity index (χ0v) is 49.5. The highest BCUT2D eigenvalue weighted by molar-refractivity contribution is 9.11. The summed E-state index contributed by atoms with van der Waals surface area (Å²) in [6.07, 6.45) is 12.0. The molecule has 0 amide bonds. The Balaban J connectivity index is 0.876. The van der Waals surface area contributed by atoms with Crippen LogP contribution in [-0.2, 0) is 12.8 Å². The number of unbranched alkanes of at least 4 members (excludes halogenated alkanes) is 6. The van der Waals surface area contributed by atoms with Crippen molar-refractivity contribution in [1.29, 1.82) is 0 Å². The molecule has 3 aromatic heterocycles. The first-order valence-electron chi connectivity index (χ1n) is 25.6. The van der Waals surface area contributed by atoms with Crippen LogP contribution in [0.3, 0.4) is 0 Å². The summed E-state index contributed by atoms with van der Waals surface area (Å²) in [6.45, 7) is 4.59. The average molecular weight is 1260 g/mol. The van der Waals surface area contributed by atoms with E-state index in [2.05, 4.69) is 223 Å². The molecule has 364 valence electrons. The van der Waals surface area contributed by atoms with E-state index in [0.29, 0.717) is 0 Å². The molecule has 0 N–H and O–H groups in total. The molecule has 2 nitrogen and oxygen atoms in total. The van der Waals surface area contributed by atoms with Crippen LogP contribution in [0.15, 0.2) is 163 Å². The molecule has 0 unspecified atom stereocenters. The molecule has 2 aliphatic carbocycles. The lowest BCUT2D eigenvalue weighted by atomic mass is 9.88. The highest BCUT2D eigenvalue weighted by Gasteiger charge is 2.32. The van der Waals surface area contributed by atoms with Gasteiger partial charge in [-0.25, -0.2) is 0 Å². The van der Waals surface area contributed by atoms with Gasteiger partial charge in [0.2, 0.25) is 0 Å². The molecule has 0 radical (unpaired) electrons. The number of aromatic nitrogens is 2. The maximum Gasteiger partial charge on any atom is 0.114 e. The largest absolute Gasteiger partial charge is 0.172 e. The van der Waals surface area contributed by atoms with Gasteiger partial charge in [0.25, 0.3) is 0 Å². The van der Waals surface area contributed by atoms with Gasteiger partial charge in [0.05, 0.1) is 11.7 Å². The van der Waals surface area contributed by atoms with Crippen LogP contribution >= 0.6 is 98.1 Å². The van der Waals surface area contributed by atoms with Gasteiger partial charge in [-0.2, -0.15) is 8.75 Å². The van der Waals surface area contributed by atoms with Crippen molar-refractivity contribution in [2.75, 3.05) is 0 Å². The fourth-order valence-corrected chi connectivity index (χ4v) is 16.0. The Kier molecular flexibility index (Phi) is 14.5. The van der Waals surface area contributed by atoms with Crippen LogP contribution in [0.25, 0.3) is 75.0 Å². The van der Waals surface area contributed by atoms with Crippen molar-refractivity contribution in [1.82, 2.24) is 8.75 Å². The second-order valence-corrected chi connectivity index (χ2v) is 26.0. The fourth-order valence-electron chi connectivity index (χ4n) is 11.5. The summed E-state index contributed by atoms with van der Waals surface area (Å²) in [5, 5.41) is 0. The van der Waals surface area contributed by atoms with Crippen LogP contribution in [0.5, 0.6) is 0 Å². The van der Waals surface area contributed by atoms with Gasteiger partial charge in [-0.1, -0.05) is 201 Å². The average Bonchev–Trinajstić information content (AvgIpc) is 4.26. The third kappa shape index (κ3) is 9.57. The first-order chi connectivity index (χ1) is 35.7.